The van der Waals surface area contributed by atoms with E-state index >= 15 is 0 Å². The van der Waals surface area contributed by atoms with E-state index in [1.807, 2.05) is 20.8 Å². The molecule has 0 aliphatic carbocycles. The van der Waals surface area contributed by atoms with Crippen molar-refractivity contribution in [1.82, 2.24) is 15.1 Å². The van der Waals surface area contributed by atoms with Crippen LogP contribution in [-0.4, -0.2) is 80.5 Å². The van der Waals surface area contributed by atoms with Crippen LogP contribution in [0, 0.1) is 0 Å². The second-order valence-corrected chi connectivity index (χ2v) is 9.88. The third-order valence-corrected chi connectivity index (χ3v) is 7.34. The Morgan fingerprint density at radius 2 is 1.87 bits per heavy atom. The summed E-state index contributed by atoms with van der Waals surface area (Å²) in [5.41, 5.74) is 0. The van der Waals surface area contributed by atoms with Crippen molar-refractivity contribution in [2.75, 3.05) is 51.6 Å². The zero-order valence-corrected chi connectivity index (χ0v) is 15.7. The lowest BCUT2D eigenvalue weighted by Crippen LogP contribution is -2.57. The number of sulfone groups is 1. The van der Waals surface area contributed by atoms with Gasteiger partial charge in [0.05, 0.1) is 17.0 Å². The average molecular weight is 345 g/mol. The Labute approximate surface area is 141 Å². The van der Waals surface area contributed by atoms with Crippen molar-refractivity contribution in [2.24, 2.45) is 4.99 Å². The molecule has 2 fully saturated rings. The molecule has 2 heterocycles. The highest BCUT2D eigenvalue weighted by Gasteiger charge is 2.40. The van der Waals surface area contributed by atoms with Gasteiger partial charge in [0, 0.05) is 26.2 Å². The van der Waals surface area contributed by atoms with E-state index in [0.717, 1.165) is 25.6 Å². The molecule has 0 radical (unpaired) electrons. The van der Waals surface area contributed by atoms with Gasteiger partial charge in [0.15, 0.2) is 15.8 Å². The Morgan fingerprint density at radius 1 is 1.17 bits per heavy atom. The highest BCUT2D eigenvalue weighted by molar-refractivity contribution is 7.92. The molecule has 0 spiro atoms. The molecule has 134 valence electrons. The van der Waals surface area contributed by atoms with E-state index in [0.29, 0.717) is 13.1 Å². The summed E-state index contributed by atoms with van der Waals surface area (Å²) in [5, 5.41) is 3.32. The number of aliphatic imine (C=N–C) groups is 1. The Bertz CT molecular complexity index is 510. The van der Waals surface area contributed by atoms with Crippen LogP contribution in [0.5, 0.6) is 0 Å². The van der Waals surface area contributed by atoms with Crippen LogP contribution in [-0.2, 0) is 9.84 Å². The van der Waals surface area contributed by atoms with E-state index < -0.39 is 14.6 Å². The number of rotatable bonds is 4. The first-order valence-corrected chi connectivity index (χ1v) is 10.5. The molecule has 0 unspecified atom stereocenters. The van der Waals surface area contributed by atoms with Gasteiger partial charge in [-0.25, -0.2) is 8.42 Å². The maximum Gasteiger partial charge on any atom is 0.194 e. The Hall–Kier alpha value is -0.820. The van der Waals surface area contributed by atoms with Gasteiger partial charge in [-0.15, -0.1) is 0 Å². The van der Waals surface area contributed by atoms with Crippen LogP contribution in [0.15, 0.2) is 4.99 Å². The molecule has 2 saturated heterocycles. The molecule has 0 aromatic rings. The van der Waals surface area contributed by atoms with Crippen LogP contribution in [0.3, 0.4) is 0 Å². The molecule has 2 aliphatic heterocycles. The third-order valence-electron chi connectivity index (χ3n) is 4.80. The number of guanidine groups is 1. The number of likely N-dealkylation sites (tertiary alicyclic amines) is 1. The lowest BCUT2D eigenvalue weighted by Gasteiger charge is -2.39. The number of nitrogens with one attached hydrogen (secondary N) is 1. The predicted molar refractivity (Wildman–Crippen MR) is 95.7 cm³/mol. The van der Waals surface area contributed by atoms with Crippen LogP contribution in [0.4, 0.5) is 0 Å². The number of piperidine rings is 1. The van der Waals surface area contributed by atoms with Gasteiger partial charge in [0.25, 0.3) is 0 Å². The molecule has 23 heavy (non-hydrogen) atoms. The zero-order chi connectivity index (χ0) is 16.9. The summed E-state index contributed by atoms with van der Waals surface area (Å²) in [5.74, 6) is 1.06. The molecule has 0 amide bonds. The Morgan fingerprint density at radius 3 is 2.48 bits per heavy atom. The zero-order valence-electron chi connectivity index (χ0n) is 14.8. The van der Waals surface area contributed by atoms with Crippen LogP contribution in [0.1, 0.15) is 40.0 Å². The second-order valence-electron chi connectivity index (χ2n) is 7.14. The molecule has 0 atom stereocenters. The molecule has 0 aromatic heterocycles. The van der Waals surface area contributed by atoms with Crippen molar-refractivity contribution in [1.29, 1.82) is 0 Å². The molecule has 0 aromatic carbocycles. The normalized spacial score (nSPS) is 25.3. The lowest BCUT2D eigenvalue weighted by molar-refractivity contribution is 0.234. The number of hydrogen-bond acceptors (Lipinski definition) is 4. The fourth-order valence-electron chi connectivity index (χ4n) is 3.23. The van der Waals surface area contributed by atoms with E-state index in [9.17, 15) is 8.42 Å². The van der Waals surface area contributed by atoms with Crippen LogP contribution in [0.25, 0.3) is 0 Å². The largest absolute Gasteiger partial charge is 0.357 e. The molecule has 2 aliphatic rings. The topological polar surface area (TPSA) is 65.0 Å². The van der Waals surface area contributed by atoms with E-state index in [4.69, 9.17) is 4.99 Å². The van der Waals surface area contributed by atoms with Crippen molar-refractivity contribution in [3.8, 4) is 0 Å². The van der Waals surface area contributed by atoms with Gasteiger partial charge < -0.3 is 15.1 Å². The highest BCUT2D eigenvalue weighted by atomic mass is 32.2. The van der Waals surface area contributed by atoms with Gasteiger partial charge in [-0.2, -0.15) is 0 Å². The summed E-state index contributed by atoms with van der Waals surface area (Å²) < 4.78 is 23.6. The van der Waals surface area contributed by atoms with Crippen molar-refractivity contribution < 1.29 is 8.42 Å². The quantitative estimate of drug-likeness (QED) is 0.607. The van der Waals surface area contributed by atoms with E-state index in [1.165, 1.54) is 32.4 Å². The van der Waals surface area contributed by atoms with E-state index in [2.05, 4.69) is 15.1 Å². The van der Waals surface area contributed by atoms with Gasteiger partial charge in [-0.05, 0) is 46.7 Å². The average Bonchev–Trinajstić information content (AvgIpc) is 2.50. The summed E-state index contributed by atoms with van der Waals surface area (Å²) in [6.45, 7) is 11.6. The fourth-order valence-corrected chi connectivity index (χ4v) is 4.60. The molecule has 0 saturated carbocycles. The first-order chi connectivity index (χ1) is 10.9. The molecule has 6 nitrogen and oxygen atoms in total. The van der Waals surface area contributed by atoms with Crippen molar-refractivity contribution in [2.45, 2.75) is 44.8 Å². The number of nitrogens with zero attached hydrogens (tertiary/aromatic N) is 3. The van der Waals surface area contributed by atoms with Gasteiger partial charge in [0.1, 0.15) is 0 Å². The Balaban J connectivity index is 1.95. The minimum absolute atomic E-state index is 0.205. The van der Waals surface area contributed by atoms with Crippen molar-refractivity contribution in [3.05, 3.63) is 0 Å². The van der Waals surface area contributed by atoms with Crippen LogP contribution < -0.4 is 5.32 Å². The number of hydrogen-bond donors (Lipinski definition) is 1. The minimum Gasteiger partial charge on any atom is -0.357 e. The fraction of sp³-hybridized carbons (Fsp3) is 0.938. The van der Waals surface area contributed by atoms with Crippen molar-refractivity contribution in [3.63, 3.8) is 0 Å². The summed E-state index contributed by atoms with van der Waals surface area (Å²) in [6, 6.07) is 0. The standard InChI is InChI=1S/C16H32N4O2S/c1-4-17-15(18-8-11-19-9-6-5-7-10-19)20-12-13-23(21,22)16(2,3)14-20/h4-14H2,1-3H3,(H,17,18). The summed E-state index contributed by atoms with van der Waals surface area (Å²) in [4.78, 5) is 9.31. The Kier molecular flexibility index (Phi) is 6.31. The van der Waals surface area contributed by atoms with E-state index in [-0.39, 0.29) is 5.75 Å². The van der Waals surface area contributed by atoms with Gasteiger partial charge in [-0.1, -0.05) is 6.42 Å². The lowest BCUT2D eigenvalue weighted by atomic mass is 10.1. The monoisotopic (exact) mass is 344 g/mol. The molecule has 7 heteroatoms. The summed E-state index contributed by atoms with van der Waals surface area (Å²) in [6.07, 6.45) is 3.93. The first-order valence-electron chi connectivity index (χ1n) is 8.83. The van der Waals surface area contributed by atoms with E-state index in [1.54, 1.807) is 0 Å². The summed E-state index contributed by atoms with van der Waals surface area (Å²) >= 11 is 0. The maximum absolute atomic E-state index is 12.2. The molecular weight excluding hydrogens is 312 g/mol. The molecule has 2 rings (SSSR count). The second kappa shape index (κ2) is 7.83. The van der Waals surface area contributed by atoms with Crippen LogP contribution >= 0.6 is 0 Å². The van der Waals surface area contributed by atoms with Crippen LogP contribution in [0.2, 0.25) is 0 Å². The predicted octanol–water partition coefficient (Wildman–Crippen LogP) is 0.947. The van der Waals surface area contributed by atoms with Gasteiger partial charge in [-0.3, -0.25) is 4.99 Å². The summed E-state index contributed by atoms with van der Waals surface area (Å²) in [7, 11) is -3.01. The molecular formula is C16H32N4O2S. The smallest absolute Gasteiger partial charge is 0.194 e. The van der Waals surface area contributed by atoms with Gasteiger partial charge in [0.2, 0.25) is 0 Å². The molecule has 1 N–H and O–H groups in total. The first kappa shape index (κ1) is 18.5. The third kappa shape index (κ3) is 4.83. The van der Waals surface area contributed by atoms with Crippen molar-refractivity contribution >= 4 is 15.8 Å². The highest BCUT2D eigenvalue weighted by Crippen LogP contribution is 2.23. The van der Waals surface area contributed by atoms with Gasteiger partial charge >= 0.3 is 0 Å². The molecule has 0 bridgehead atoms. The SMILES string of the molecule is CCNC(=NCCN1CCCCC1)N1CCS(=O)(=O)C(C)(C)C1. The maximum atomic E-state index is 12.2. The minimum atomic E-state index is -3.01.